The average Bonchev–Trinajstić information content (AvgIpc) is 2.87. The first-order valence-corrected chi connectivity index (χ1v) is 7.67. The Kier molecular flexibility index (Phi) is 5.55. The third kappa shape index (κ3) is 3.58. The van der Waals surface area contributed by atoms with E-state index in [0.717, 1.165) is 41.7 Å². The number of aliphatic hydroxyl groups excluding tert-OH is 1. The molecule has 0 saturated heterocycles. The molecular formula is C14H18FN3OS. The molecule has 0 saturated carbocycles. The molecule has 0 aliphatic heterocycles. The van der Waals surface area contributed by atoms with E-state index in [1.807, 2.05) is 11.5 Å². The van der Waals surface area contributed by atoms with E-state index in [2.05, 4.69) is 10.2 Å². The van der Waals surface area contributed by atoms with Gasteiger partial charge in [-0.1, -0.05) is 11.8 Å². The summed E-state index contributed by atoms with van der Waals surface area (Å²) in [6.07, 6.45) is 1.75. The van der Waals surface area contributed by atoms with Gasteiger partial charge in [-0.2, -0.15) is 0 Å². The summed E-state index contributed by atoms with van der Waals surface area (Å²) < 4.78 is 15.0. The molecule has 0 radical (unpaired) electrons. The van der Waals surface area contributed by atoms with Crippen molar-refractivity contribution in [1.82, 2.24) is 14.8 Å². The van der Waals surface area contributed by atoms with Gasteiger partial charge in [0, 0.05) is 24.5 Å². The standard InChI is InChI=1S/C14H18FN3OS/c1-2-18-13(11-5-7-12(15)8-6-11)16-17-14(18)20-10-4-3-9-19/h5-8,19H,2-4,9-10H2,1H3. The summed E-state index contributed by atoms with van der Waals surface area (Å²) >= 11 is 1.63. The van der Waals surface area contributed by atoms with Crippen LogP contribution < -0.4 is 0 Å². The second-order valence-corrected chi connectivity index (χ2v) is 5.40. The minimum absolute atomic E-state index is 0.224. The molecule has 1 aromatic carbocycles. The number of aromatic nitrogens is 3. The van der Waals surface area contributed by atoms with E-state index < -0.39 is 0 Å². The summed E-state index contributed by atoms with van der Waals surface area (Å²) in [5.41, 5.74) is 0.864. The number of thioether (sulfide) groups is 1. The highest BCUT2D eigenvalue weighted by molar-refractivity contribution is 7.99. The summed E-state index contributed by atoms with van der Waals surface area (Å²) in [7, 11) is 0. The topological polar surface area (TPSA) is 50.9 Å². The zero-order chi connectivity index (χ0) is 14.4. The van der Waals surface area contributed by atoms with Crippen molar-refractivity contribution in [3.8, 4) is 11.4 Å². The zero-order valence-electron chi connectivity index (χ0n) is 11.4. The summed E-state index contributed by atoms with van der Waals surface area (Å²) in [6.45, 7) is 3.03. The molecular weight excluding hydrogens is 277 g/mol. The molecule has 1 aromatic heterocycles. The SMILES string of the molecule is CCn1c(SCCCCO)nnc1-c1ccc(F)cc1. The van der Waals surface area contributed by atoms with Gasteiger partial charge < -0.3 is 9.67 Å². The van der Waals surface area contributed by atoms with Crippen molar-refractivity contribution in [1.29, 1.82) is 0 Å². The van der Waals surface area contributed by atoms with Crippen LogP contribution in [0.5, 0.6) is 0 Å². The molecule has 20 heavy (non-hydrogen) atoms. The van der Waals surface area contributed by atoms with Gasteiger partial charge in [-0.15, -0.1) is 10.2 Å². The van der Waals surface area contributed by atoms with Gasteiger partial charge in [-0.25, -0.2) is 4.39 Å². The fourth-order valence-corrected chi connectivity index (χ4v) is 2.87. The van der Waals surface area contributed by atoms with Crippen LogP contribution in [0.15, 0.2) is 29.4 Å². The van der Waals surface area contributed by atoms with Crippen LogP contribution in [0.25, 0.3) is 11.4 Å². The van der Waals surface area contributed by atoms with E-state index in [-0.39, 0.29) is 12.4 Å². The van der Waals surface area contributed by atoms with Gasteiger partial charge >= 0.3 is 0 Å². The molecule has 0 amide bonds. The monoisotopic (exact) mass is 295 g/mol. The number of halogens is 1. The lowest BCUT2D eigenvalue weighted by Gasteiger charge is -2.07. The van der Waals surface area contributed by atoms with Crippen LogP contribution in [-0.4, -0.2) is 32.2 Å². The fourth-order valence-electron chi connectivity index (χ4n) is 1.87. The van der Waals surface area contributed by atoms with Crippen LogP contribution in [0.1, 0.15) is 19.8 Å². The second-order valence-electron chi connectivity index (χ2n) is 4.34. The number of hydrogen-bond donors (Lipinski definition) is 1. The van der Waals surface area contributed by atoms with Gasteiger partial charge in [0.2, 0.25) is 0 Å². The molecule has 1 N–H and O–H groups in total. The van der Waals surface area contributed by atoms with Gasteiger partial charge in [0.25, 0.3) is 0 Å². The Hall–Kier alpha value is -1.40. The van der Waals surface area contributed by atoms with Crippen molar-refractivity contribution in [3.63, 3.8) is 0 Å². The first kappa shape index (κ1) is 15.0. The van der Waals surface area contributed by atoms with Crippen LogP contribution in [0.4, 0.5) is 4.39 Å². The van der Waals surface area contributed by atoms with Crippen molar-refractivity contribution in [2.24, 2.45) is 0 Å². The van der Waals surface area contributed by atoms with Crippen molar-refractivity contribution in [3.05, 3.63) is 30.1 Å². The van der Waals surface area contributed by atoms with E-state index in [1.54, 1.807) is 23.9 Å². The fraction of sp³-hybridized carbons (Fsp3) is 0.429. The van der Waals surface area contributed by atoms with Crippen LogP contribution in [0, 0.1) is 5.82 Å². The normalized spacial score (nSPS) is 10.9. The lowest BCUT2D eigenvalue weighted by atomic mass is 10.2. The highest BCUT2D eigenvalue weighted by atomic mass is 32.2. The van der Waals surface area contributed by atoms with Crippen molar-refractivity contribution >= 4 is 11.8 Å². The van der Waals surface area contributed by atoms with E-state index in [0.29, 0.717) is 0 Å². The minimum Gasteiger partial charge on any atom is -0.396 e. The Morgan fingerprint density at radius 3 is 2.60 bits per heavy atom. The lowest BCUT2D eigenvalue weighted by Crippen LogP contribution is -2.00. The van der Waals surface area contributed by atoms with E-state index in [1.165, 1.54) is 12.1 Å². The number of benzene rings is 1. The number of nitrogens with zero attached hydrogens (tertiary/aromatic N) is 3. The smallest absolute Gasteiger partial charge is 0.191 e. The molecule has 0 aliphatic carbocycles. The van der Waals surface area contributed by atoms with Crippen molar-refractivity contribution in [2.45, 2.75) is 31.5 Å². The van der Waals surface area contributed by atoms with Crippen LogP contribution >= 0.6 is 11.8 Å². The van der Waals surface area contributed by atoms with Gasteiger partial charge in [-0.05, 0) is 44.0 Å². The zero-order valence-corrected chi connectivity index (χ0v) is 12.2. The molecule has 108 valence electrons. The Morgan fingerprint density at radius 1 is 1.20 bits per heavy atom. The molecule has 6 heteroatoms. The van der Waals surface area contributed by atoms with Crippen LogP contribution in [-0.2, 0) is 6.54 Å². The quantitative estimate of drug-likeness (QED) is 0.630. The molecule has 2 aromatic rings. The third-order valence-electron chi connectivity index (χ3n) is 2.92. The Labute approximate surface area is 122 Å². The highest BCUT2D eigenvalue weighted by Gasteiger charge is 2.12. The number of rotatable bonds is 7. The third-order valence-corrected chi connectivity index (χ3v) is 3.97. The Bertz CT molecular complexity index is 542. The lowest BCUT2D eigenvalue weighted by molar-refractivity contribution is 0.287. The second kappa shape index (κ2) is 7.40. The molecule has 0 bridgehead atoms. The molecule has 2 rings (SSSR count). The molecule has 4 nitrogen and oxygen atoms in total. The summed E-state index contributed by atoms with van der Waals surface area (Å²) in [6, 6.07) is 6.29. The van der Waals surface area contributed by atoms with E-state index >= 15 is 0 Å². The van der Waals surface area contributed by atoms with Crippen LogP contribution in [0.2, 0.25) is 0 Å². The molecule has 1 heterocycles. The average molecular weight is 295 g/mol. The summed E-state index contributed by atoms with van der Waals surface area (Å²) in [5.74, 6) is 1.41. The largest absolute Gasteiger partial charge is 0.396 e. The maximum atomic E-state index is 13.0. The highest BCUT2D eigenvalue weighted by Crippen LogP contribution is 2.24. The van der Waals surface area contributed by atoms with Crippen LogP contribution in [0.3, 0.4) is 0 Å². The number of unbranched alkanes of at least 4 members (excludes halogenated alkanes) is 1. The first-order chi connectivity index (χ1) is 9.76. The molecule has 0 unspecified atom stereocenters. The molecule has 0 atom stereocenters. The van der Waals surface area contributed by atoms with Gasteiger partial charge in [-0.3, -0.25) is 0 Å². The first-order valence-electron chi connectivity index (χ1n) is 6.69. The van der Waals surface area contributed by atoms with E-state index in [9.17, 15) is 4.39 Å². The molecule has 0 aliphatic rings. The summed E-state index contributed by atoms with van der Waals surface area (Å²) in [5, 5.41) is 18.0. The van der Waals surface area contributed by atoms with E-state index in [4.69, 9.17) is 5.11 Å². The number of aliphatic hydroxyl groups is 1. The van der Waals surface area contributed by atoms with Gasteiger partial charge in [0.1, 0.15) is 5.82 Å². The Morgan fingerprint density at radius 2 is 1.95 bits per heavy atom. The molecule has 0 fully saturated rings. The van der Waals surface area contributed by atoms with Crippen molar-refractivity contribution < 1.29 is 9.50 Å². The minimum atomic E-state index is -0.255. The Balaban J connectivity index is 2.14. The predicted molar refractivity (Wildman–Crippen MR) is 78.1 cm³/mol. The number of hydrogen-bond acceptors (Lipinski definition) is 4. The molecule has 0 spiro atoms. The van der Waals surface area contributed by atoms with Crippen molar-refractivity contribution in [2.75, 3.05) is 12.4 Å². The maximum absolute atomic E-state index is 13.0. The maximum Gasteiger partial charge on any atom is 0.191 e. The summed E-state index contributed by atoms with van der Waals surface area (Å²) in [4.78, 5) is 0. The van der Waals surface area contributed by atoms with Gasteiger partial charge in [0.15, 0.2) is 11.0 Å². The predicted octanol–water partition coefficient (Wildman–Crippen LogP) is 2.97. The van der Waals surface area contributed by atoms with Gasteiger partial charge in [0.05, 0.1) is 0 Å².